The zero-order valence-electron chi connectivity index (χ0n) is 13.0. The molecule has 0 atom stereocenters. The van der Waals surface area contributed by atoms with E-state index in [4.69, 9.17) is 5.26 Å². The van der Waals surface area contributed by atoms with E-state index in [9.17, 15) is 9.59 Å². The third-order valence-electron chi connectivity index (χ3n) is 3.43. The monoisotopic (exact) mass is 307 g/mol. The summed E-state index contributed by atoms with van der Waals surface area (Å²) < 4.78 is 0. The Morgan fingerprint density at radius 1 is 1.17 bits per heavy atom. The number of hydrogen-bond donors (Lipinski definition) is 2. The Labute approximate surface area is 134 Å². The van der Waals surface area contributed by atoms with Gasteiger partial charge in [0.15, 0.2) is 5.78 Å². The molecule has 2 aromatic rings. The smallest absolute Gasteiger partial charge is 0.251 e. The highest BCUT2D eigenvalue weighted by Gasteiger charge is 2.09. The summed E-state index contributed by atoms with van der Waals surface area (Å²) in [5.41, 5.74) is 3.11. The highest BCUT2D eigenvalue weighted by Crippen LogP contribution is 2.19. The first-order valence-electron chi connectivity index (χ1n) is 7.15. The number of rotatable bonds is 5. The van der Waals surface area contributed by atoms with Gasteiger partial charge in [-0.25, -0.2) is 0 Å². The van der Waals surface area contributed by atoms with E-state index >= 15 is 0 Å². The van der Waals surface area contributed by atoms with Crippen LogP contribution >= 0.6 is 0 Å². The number of carbonyl (C=O) groups excluding carboxylic acids is 2. The molecule has 0 radical (unpaired) electrons. The van der Waals surface area contributed by atoms with Crippen molar-refractivity contribution in [2.24, 2.45) is 0 Å². The molecule has 0 saturated carbocycles. The minimum absolute atomic E-state index is 0.0731. The third kappa shape index (κ3) is 3.95. The van der Waals surface area contributed by atoms with E-state index in [0.29, 0.717) is 28.9 Å². The van der Waals surface area contributed by atoms with Crippen LogP contribution in [0.4, 0.5) is 5.69 Å². The van der Waals surface area contributed by atoms with Gasteiger partial charge in [0.2, 0.25) is 0 Å². The van der Waals surface area contributed by atoms with Gasteiger partial charge < -0.3 is 10.6 Å². The van der Waals surface area contributed by atoms with Gasteiger partial charge in [-0.2, -0.15) is 5.26 Å². The first-order valence-corrected chi connectivity index (χ1v) is 7.15. The summed E-state index contributed by atoms with van der Waals surface area (Å²) in [5.74, 6) is -0.223. The topological polar surface area (TPSA) is 82.0 Å². The molecule has 0 aliphatic rings. The molecule has 0 fully saturated rings. The fourth-order valence-electron chi connectivity index (χ4n) is 2.23. The first kappa shape index (κ1) is 16.2. The summed E-state index contributed by atoms with van der Waals surface area (Å²) >= 11 is 0. The van der Waals surface area contributed by atoms with Crippen molar-refractivity contribution < 1.29 is 9.59 Å². The van der Waals surface area contributed by atoms with Crippen LogP contribution in [0.1, 0.15) is 38.8 Å². The van der Waals surface area contributed by atoms with Crippen LogP contribution in [0.3, 0.4) is 0 Å². The Kier molecular flexibility index (Phi) is 5.11. The Hall–Kier alpha value is -3.13. The van der Waals surface area contributed by atoms with Crippen LogP contribution in [0.5, 0.6) is 0 Å². The van der Waals surface area contributed by atoms with Gasteiger partial charge in [-0.1, -0.05) is 12.1 Å². The lowest BCUT2D eigenvalue weighted by atomic mass is 10.1. The number of hydrogen-bond acceptors (Lipinski definition) is 4. The number of Topliss-reactive ketones (excluding diaryl/α,β-unsaturated/α-hetero) is 1. The molecule has 2 rings (SSSR count). The lowest BCUT2D eigenvalue weighted by Crippen LogP contribution is -2.18. The van der Waals surface area contributed by atoms with Crippen molar-refractivity contribution in [1.29, 1.82) is 5.26 Å². The predicted octanol–water partition coefficient (Wildman–Crippen LogP) is 2.73. The van der Waals surface area contributed by atoms with E-state index in [-0.39, 0.29) is 11.7 Å². The summed E-state index contributed by atoms with van der Waals surface area (Å²) in [5, 5.41) is 14.7. The SMILES string of the molecule is CNC(=O)c1cccc(CNc2cc(C#N)ccc2C(C)=O)c1. The van der Waals surface area contributed by atoms with Gasteiger partial charge in [0.05, 0.1) is 11.6 Å². The van der Waals surface area contributed by atoms with Crippen molar-refractivity contribution in [2.75, 3.05) is 12.4 Å². The number of amides is 1. The van der Waals surface area contributed by atoms with E-state index < -0.39 is 0 Å². The van der Waals surface area contributed by atoms with E-state index in [0.717, 1.165) is 5.56 Å². The molecule has 0 aliphatic heterocycles. The van der Waals surface area contributed by atoms with Gasteiger partial charge in [0.1, 0.15) is 0 Å². The van der Waals surface area contributed by atoms with E-state index in [2.05, 4.69) is 16.7 Å². The minimum Gasteiger partial charge on any atom is -0.380 e. The molecule has 5 heteroatoms. The van der Waals surface area contributed by atoms with Crippen molar-refractivity contribution in [3.63, 3.8) is 0 Å². The number of benzene rings is 2. The zero-order valence-corrected chi connectivity index (χ0v) is 13.0. The average Bonchev–Trinajstić information content (AvgIpc) is 2.59. The van der Waals surface area contributed by atoms with Gasteiger partial charge >= 0.3 is 0 Å². The molecule has 0 unspecified atom stereocenters. The third-order valence-corrected chi connectivity index (χ3v) is 3.43. The first-order chi connectivity index (χ1) is 11.0. The fourth-order valence-corrected chi connectivity index (χ4v) is 2.23. The van der Waals surface area contributed by atoms with Crippen LogP contribution in [0, 0.1) is 11.3 Å². The second kappa shape index (κ2) is 7.23. The standard InChI is InChI=1S/C18H17N3O2/c1-12(22)16-7-6-13(10-19)9-17(16)21-11-14-4-3-5-15(8-14)18(23)20-2/h3-9,21H,11H2,1-2H3,(H,20,23). The molecule has 2 aromatic carbocycles. The Balaban J connectivity index is 2.22. The maximum Gasteiger partial charge on any atom is 0.251 e. The molecular formula is C18H17N3O2. The molecule has 23 heavy (non-hydrogen) atoms. The molecule has 0 aromatic heterocycles. The molecule has 0 saturated heterocycles. The van der Waals surface area contributed by atoms with Crippen molar-refractivity contribution in [3.8, 4) is 6.07 Å². The number of nitrogens with zero attached hydrogens (tertiary/aromatic N) is 1. The normalized spacial score (nSPS) is 9.78. The van der Waals surface area contributed by atoms with Crippen molar-refractivity contribution in [1.82, 2.24) is 5.32 Å². The molecule has 0 aliphatic carbocycles. The Bertz CT molecular complexity index is 791. The number of nitrogens with one attached hydrogen (secondary N) is 2. The van der Waals surface area contributed by atoms with E-state index in [1.807, 2.05) is 6.07 Å². The summed E-state index contributed by atoms with van der Waals surface area (Å²) in [6, 6.07) is 14.2. The predicted molar refractivity (Wildman–Crippen MR) is 88.3 cm³/mol. The molecule has 116 valence electrons. The Morgan fingerprint density at radius 3 is 2.61 bits per heavy atom. The molecule has 0 heterocycles. The molecule has 2 N–H and O–H groups in total. The average molecular weight is 307 g/mol. The van der Waals surface area contributed by atoms with Crippen LogP contribution in [0.15, 0.2) is 42.5 Å². The minimum atomic E-state index is -0.150. The highest BCUT2D eigenvalue weighted by molar-refractivity contribution is 5.99. The summed E-state index contributed by atoms with van der Waals surface area (Å²) in [7, 11) is 1.58. The largest absolute Gasteiger partial charge is 0.380 e. The van der Waals surface area contributed by atoms with Gasteiger partial charge in [-0.15, -0.1) is 0 Å². The maximum absolute atomic E-state index is 11.7. The lowest BCUT2D eigenvalue weighted by molar-refractivity contribution is 0.0961. The Morgan fingerprint density at radius 2 is 1.96 bits per heavy atom. The highest BCUT2D eigenvalue weighted by atomic mass is 16.1. The van der Waals surface area contributed by atoms with Crippen molar-refractivity contribution in [2.45, 2.75) is 13.5 Å². The molecule has 5 nitrogen and oxygen atoms in total. The molecule has 0 spiro atoms. The van der Waals surface area contributed by atoms with Crippen LogP contribution in [-0.4, -0.2) is 18.7 Å². The summed E-state index contributed by atoms with van der Waals surface area (Å²) in [6.07, 6.45) is 0. The second-order valence-corrected chi connectivity index (χ2v) is 5.06. The quantitative estimate of drug-likeness (QED) is 0.832. The van der Waals surface area contributed by atoms with Gasteiger partial charge in [-0.3, -0.25) is 9.59 Å². The second-order valence-electron chi connectivity index (χ2n) is 5.06. The van der Waals surface area contributed by atoms with Crippen molar-refractivity contribution in [3.05, 3.63) is 64.7 Å². The molecule has 1 amide bonds. The molecular weight excluding hydrogens is 290 g/mol. The fraction of sp³-hybridized carbons (Fsp3) is 0.167. The van der Waals surface area contributed by atoms with E-state index in [1.54, 1.807) is 43.4 Å². The van der Waals surface area contributed by atoms with Crippen molar-refractivity contribution >= 4 is 17.4 Å². The zero-order chi connectivity index (χ0) is 16.8. The summed E-state index contributed by atoms with van der Waals surface area (Å²) in [4.78, 5) is 23.3. The molecule has 0 bridgehead atoms. The number of nitriles is 1. The van der Waals surface area contributed by atoms with E-state index in [1.165, 1.54) is 6.92 Å². The van der Waals surface area contributed by atoms with Gasteiger partial charge in [0, 0.05) is 30.4 Å². The lowest BCUT2D eigenvalue weighted by Gasteiger charge is -2.11. The van der Waals surface area contributed by atoms with Crippen LogP contribution in [0.25, 0.3) is 0 Å². The van der Waals surface area contributed by atoms with Crippen LogP contribution in [0.2, 0.25) is 0 Å². The van der Waals surface area contributed by atoms with Crippen LogP contribution < -0.4 is 10.6 Å². The maximum atomic E-state index is 11.7. The number of ketones is 1. The van der Waals surface area contributed by atoms with Crippen LogP contribution in [-0.2, 0) is 6.54 Å². The number of carbonyl (C=O) groups is 2. The van der Waals surface area contributed by atoms with Gasteiger partial charge in [0.25, 0.3) is 5.91 Å². The summed E-state index contributed by atoms with van der Waals surface area (Å²) in [6.45, 7) is 1.93. The van der Waals surface area contributed by atoms with Gasteiger partial charge in [-0.05, 0) is 42.8 Å². The number of anilines is 1.